The van der Waals surface area contributed by atoms with E-state index < -0.39 is 292 Å². The van der Waals surface area contributed by atoms with Crippen molar-refractivity contribution in [2.75, 3.05) is 52.9 Å². The number of hydrogen-bond acceptors (Lipinski definition) is 38. The molecule has 0 radical (unpaired) electrons. The highest BCUT2D eigenvalue weighted by molar-refractivity contribution is 5.76. The SMILES string of the molecule is CCCCCCCCCCCCC/C=C/[C@@H](O)[C@H](CO[C@@H]1OC(CO)[C@@H](O[C@@H]2OC(CO)[C@H](O[C@@H]3OC(CO)[C@H](O)[C@H](O[C@@H]4OC(CO[C@@H]5OC(CO)[C@@H](O[C@@H]6OC(CO)[C@H](O)[C@H](O)C6O)[C@H](O)C5NC(C)=O)[C@H](O)[C@H](O[C@@H]5OC(CO)[C@H](O)[C@H](O)C5O)C4NC(C)=O)C3O)[C@H](O)C2O)[C@H](O)C1O)NC(=O)CCCCCCCCCCCCCCCCCCCCC. The highest BCUT2D eigenvalue weighted by atomic mass is 16.8. The van der Waals surface area contributed by atoms with Crippen LogP contribution in [0.2, 0.25) is 0 Å². The van der Waals surface area contributed by atoms with Crippen LogP contribution in [-0.2, 0) is 80.7 Å². The van der Waals surface area contributed by atoms with Crippen LogP contribution in [0.3, 0.4) is 0 Å². The van der Waals surface area contributed by atoms with Crippen molar-refractivity contribution in [1.82, 2.24) is 16.0 Å². The van der Waals surface area contributed by atoms with Crippen LogP contribution in [0.4, 0.5) is 0 Å². The average molecular weight is 1840 g/mol. The molecule has 14 unspecified atom stereocenters. The fourth-order valence-electron chi connectivity index (χ4n) is 17.2. The van der Waals surface area contributed by atoms with Gasteiger partial charge in [-0.25, -0.2) is 0 Å². The van der Waals surface area contributed by atoms with Crippen molar-refractivity contribution >= 4 is 17.7 Å². The lowest BCUT2D eigenvalue weighted by Crippen LogP contribution is -2.70. The molecule has 0 bridgehead atoms. The number of aliphatic hydroxyl groups is 21. The van der Waals surface area contributed by atoms with Crippen LogP contribution in [0.25, 0.3) is 0 Å². The summed E-state index contributed by atoms with van der Waals surface area (Å²) in [4.78, 5) is 39.6. The second-order valence-corrected chi connectivity index (χ2v) is 34.9. The van der Waals surface area contributed by atoms with E-state index in [4.69, 9.17) is 66.3 Å². The molecule has 7 fully saturated rings. The average Bonchev–Trinajstić information content (AvgIpc) is 0.769. The van der Waals surface area contributed by atoms with Crippen molar-refractivity contribution in [3.8, 4) is 0 Å². The van der Waals surface area contributed by atoms with Gasteiger partial charge in [-0.2, -0.15) is 0 Å². The largest absolute Gasteiger partial charge is 0.394 e. The molecule has 127 heavy (non-hydrogen) atoms. The molecule has 0 aromatic carbocycles. The molecule has 24 N–H and O–H groups in total. The van der Waals surface area contributed by atoms with Gasteiger partial charge in [0.25, 0.3) is 0 Å². The lowest BCUT2D eigenvalue weighted by atomic mass is 9.94. The summed E-state index contributed by atoms with van der Waals surface area (Å²) < 4.78 is 83.1. The monoisotopic (exact) mass is 1840 g/mol. The van der Waals surface area contributed by atoms with Gasteiger partial charge in [-0.15, -0.1) is 0 Å². The molecule has 7 aliphatic rings. The Labute approximate surface area is 743 Å². The number of nitrogens with one attached hydrogen (secondary N) is 3. The molecule has 41 nitrogen and oxygen atoms in total. The first kappa shape index (κ1) is 111. The Morgan fingerprint density at radius 2 is 0.638 bits per heavy atom. The van der Waals surface area contributed by atoms with Crippen LogP contribution in [-0.4, -0.2) is 405 Å². The third kappa shape index (κ3) is 33.6. The Morgan fingerprint density at radius 1 is 0.315 bits per heavy atom. The van der Waals surface area contributed by atoms with Crippen LogP contribution in [0.1, 0.15) is 233 Å². The summed E-state index contributed by atoms with van der Waals surface area (Å²) in [6.07, 6.45) is -27.0. The van der Waals surface area contributed by atoms with Crippen molar-refractivity contribution in [3.63, 3.8) is 0 Å². The molecule has 41 heteroatoms. The topological polar surface area (TPSA) is 641 Å². The molecule has 0 aliphatic carbocycles. The maximum Gasteiger partial charge on any atom is 0.220 e. The van der Waals surface area contributed by atoms with E-state index in [1.807, 2.05) is 6.08 Å². The molecule has 7 rings (SSSR count). The van der Waals surface area contributed by atoms with E-state index in [2.05, 4.69) is 29.8 Å². The van der Waals surface area contributed by atoms with Gasteiger partial charge in [0.05, 0.1) is 65.0 Å². The Bertz CT molecular complexity index is 3000. The van der Waals surface area contributed by atoms with Crippen molar-refractivity contribution < 1.29 is 188 Å². The van der Waals surface area contributed by atoms with Gasteiger partial charge in [-0.1, -0.05) is 206 Å². The zero-order chi connectivity index (χ0) is 92.8. The highest BCUT2D eigenvalue weighted by Crippen LogP contribution is 2.39. The number of ether oxygens (including phenoxy) is 14. The second-order valence-electron chi connectivity index (χ2n) is 34.9. The fourth-order valence-corrected chi connectivity index (χ4v) is 17.2. The van der Waals surface area contributed by atoms with Crippen molar-refractivity contribution in [3.05, 3.63) is 12.2 Å². The Morgan fingerprint density at radius 3 is 1.06 bits per heavy atom. The molecule has 742 valence electrons. The van der Waals surface area contributed by atoms with Crippen LogP contribution in [0.5, 0.6) is 0 Å². The number of carbonyl (C=O) groups is 3. The summed E-state index contributed by atoms with van der Waals surface area (Å²) in [5.41, 5.74) is 0. The van der Waals surface area contributed by atoms with E-state index in [0.29, 0.717) is 12.8 Å². The molecule has 3 amide bonds. The molecule has 0 spiro atoms. The van der Waals surface area contributed by atoms with Crippen molar-refractivity contribution in [2.45, 2.75) is 460 Å². The number of amides is 3. The zero-order valence-electron chi connectivity index (χ0n) is 74.1. The first-order valence-electron chi connectivity index (χ1n) is 46.5. The minimum atomic E-state index is -2.37. The first-order chi connectivity index (χ1) is 61.0. The van der Waals surface area contributed by atoms with Gasteiger partial charge in [-0.3, -0.25) is 14.4 Å². The minimum absolute atomic E-state index is 0.164. The van der Waals surface area contributed by atoms with Gasteiger partial charge in [0.1, 0.15) is 171 Å². The molecule has 7 aliphatic heterocycles. The molecule has 0 aromatic rings. The summed E-state index contributed by atoms with van der Waals surface area (Å²) in [5, 5.41) is 242. The van der Waals surface area contributed by atoms with Gasteiger partial charge < -0.3 is 190 Å². The fraction of sp³-hybridized carbons (Fsp3) is 0.942. The molecule has 37 atom stereocenters. The van der Waals surface area contributed by atoms with Gasteiger partial charge in [0.15, 0.2) is 44.0 Å². The number of allylic oxidation sites excluding steroid dienone is 1. The quantitative estimate of drug-likeness (QED) is 0.0213. The number of unbranched alkanes of at least 4 members (excludes halogenated alkanes) is 29. The number of rotatable bonds is 59. The van der Waals surface area contributed by atoms with Crippen LogP contribution < -0.4 is 16.0 Å². The molecule has 0 aromatic heterocycles. The number of aliphatic hydroxyl groups excluding tert-OH is 21. The van der Waals surface area contributed by atoms with E-state index in [-0.39, 0.29) is 12.3 Å². The molecule has 7 saturated heterocycles. The van der Waals surface area contributed by atoms with Crippen molar-refractivity contribution in [1.29, 1.82) is 0 Å². The maximum atomic E-state index is 13.6. The summed E-state index contributed by atoms with van der Waals surface area (Å²) >= 11 is 0. The van der Waals surface area contributed by atoms with Gasteiger partial charge in [0, 0.05) is 20.3 Å². The van der Waals surface area contributed by atoms with Gasteiger partial charge in [-0.05, 0) is 19.3 Å². The summed E-state index contributed by atoms with van der Waals surface area (Å²) in [6.45, 7) is -1.10. The van der Waals surface area contributed by atoms with Crippen LogP contribution >= 0.6 is 0 Å². The first-order valence-corrected chi connectivity index (χ1v) is 46.5. The van der Waals surface area contributed by atoms with Crippen molar-refractivity contribution in [2.24, 2.45) is 0 Å². The standard InChI is InChI=1S/C86H155N3O38/c1-5-7-9-11-13-15-17-19-20-21-22-23-24-26-28-30-32-34-36-38-58(99)89-49(50(98)37-35-33-31-29-27-25-18-16-14-12-10-8-6-2)45-114-82-72(111)68(107)76(55(43-94)120-82)124-85-73(112)69(108)77(56(44-95)121-85)125-86-74(113)79(63(102)53(41-92)118-86)127-81-60(88-48(4)97)78(126-84-71(110)67(106)62(101)52(40-91)117-84)64(103)57(122-81)46-115-80-59(87-47(3)96)65(104)75(54(42-93)119-80)123-83-70(109)66(105)61(100)51(39-90)116-83/h35,37,49-57,59-86,90-95,98,100-113H,5-34,36,38-46H2,1-4H3,(H,87,96)(H,88,97)(H,89,99)/b37-35+/t49-,50+,51?,52?,53?,54?,55?,56?,57?,59?,60?,61-,62-,63-,64-,65+,66-,67-,68+,69+,70?,71?,72?,73?,74?,75+,76+,77-,78+,79-,80+,81-,82+,83-,84-,85-,86-/m0/s1. The van der Waals surface area contributed by atoms with Crippen LogP contribution in [0, 0.1) is 0 Å². The van der Waals surface area contributed by atoms with E-state index >= 15 is 0 Å². The Balaban J connectivity index is 1.00. The minimum Gasteiger partial charge on any atom is -0.394 e. The predicted molar refractivity (Wildman–Crippen MR) is 445 cm³/mol. The van der Waals surface area contributed by atoms with E-state index in [1.54, 1.807) is 6.08 Å². The maximum absolute atomic E-state index is 13.6. The smallest absolute Gasteiger partial charge is 0.220 e. The van der Waals surface area contributed by atoms with E-state index in [1.165, 1.54) is 135 Å². The summed E-state index contributed by atoms with van der Waals surface area (Å²) in [7, 11) is 0. The normalized spacial score (nSPS) is 37.9. The van der Waals surface area contributed by atoms with Crippen LogP contribution in [0.15, 0.2) is 12.2 Å². The highest BCUT2D eigenvalue weighted by Gasteiger charge is 2.59. The number of carbonyl (C=O) groups excluding carboxylic acids is 3. The summed E-state index contributed by atoms with van der Waals surface area (Å²) in [6, 6.07) is -4.76. The third-order valence-corrected chi connectivity index (χ3v) is 24.8. The third-order valence-electron chi connectivity index (χ3n) is 24.8. The van der Waals surface area contributed by atoms with E-state index in [0.717, 1.165) is 65.2 Å². The Kier molecular flexibility index (Phi) is 51.4. The van der Waals surface area contributed by atoms with Gasteiger partial charge in [0.2, 0.25) is 17.7 Å². The molecule has 0 saturated carbocycles. The zero-order valence-corrected chi connectivity index (χ0v) is 74.1. The lowest BCUT2D eigenvalue weighted by molar-refractivity contribution is -0.390. The lowest BCUT2D eigenvalue weighted by Gasteiger charge is -2.51. The second kappa shape index (κ2) is 58.9. The molecule has 7 heterocycles. The Hall–Kier alpha value is -3.25. The van der Waals surface area contributed by atoms with E-state index in [9.17, 15) is 122 Å². The summed E-state index contributed by atoms with van der Waals surface area (Å²) in [5.74, 6) is -2.14. The molecular weight excluding hydrogens is 1680 g/mol. The predicted octanol–water partition coefficient (Wildman–Crippen LogP) is -3.04. The van der Waals surface area contributed by atoms with Gasteiger partial charge >= 0.3 is 0 Å². The molecular formula is C86H155N3O38. The number of hydrogen-bond donors (Lipinski definition) is 24.